The number of hydrogen-bond donors (Lipinski definition) is 2. The molecule has 1 aromatic carbocycles. The predicted octanol–water partition coefficient (Wildman–Crippen LogP) is 3.64. The van der Waals surface area contributed by atoms with Crippen molar-refractivity contribution in [3.63, 3.8) is 0 Å². The molecule has 0 bridgehead atoms. The number of hydrogen-bond acceptors (Lipinski definition) is 4. The van der Waals surface area contributed by atoms with Crippen LogP contribution < -0.4 is 5.32 Å². The molecule has 0 fully saturated rings. The summed E-state index contributed by atoms with van der Waals surface area (Å²) in [4.78, 5) is 17.5. The van der Waals surface area contributed by atoms with E-state index in [1.807, 2.05) is 6.92 Å². The Morgan fingerprint density at radius 3 is 2.89 bits per heavy atom. The number of halogens is 1. The van der Waals surface area contributed by atoms with E-state index in [1.54, 1.807) is 18.5 Å². The second kappa shape index (κ2) is 5.83. The number of benzene rings is 1. The Hall–Kier alpha value is -1.89. The Kier molecular flexibility index (Phi) is 4.16. The van der Waals surface area contributed by atoms with Crippen LogP contribution in [0.5, 0.6) is 0 Å². The monoisotopic (exact) mass is 324 g/mol. The van der Waals surface area contributed by atoms with Crippen LogP contribution in [-0.4, -0.2) is 14.9 Å². The highest BCUT2D eigenvalue weighted by Crippen LogP contribution is 2.30. The first-order valence-corrected chi connectivity index (χ1v) is 6.61. The van der Waals surface area contributed by atoms with Crippen molar-refractivity contribution in [2.24, 2.45) is 0 Å². The van der Waals surface area contributed by atoms with Crippen molar-refractivity contribution in [2.45, 2.75) is 19.4 Å². The summed E-state index contributed by atoms with van der Waals surface area (Å²) >= 11 is 3.34. The fourth-order valence-electron chi connectivity index (χ4n) is 1.75. The lowest BCUT2D eigenvalue weighted by molar-refractivity contribution is -0.384. The van der Waals surface area contributed by atoms with Crippen LogP contribution in [0.25, 0.3) is 0 Å². The predicted molar refractivity (Wildman–Crippen MR) is 76.0 cm³/mol. The van der Waals surface area contributed by atoms with Crippen LogP contribution in [0.15, 0.2) is 35.1 Å². The maximum atomic E-state index is 10.7. The highest BCUT2D eigenvalue weighted by Gasteiger charge is 2.14. The average molecular weight is 325 g/mol. The molecule has 2 aromatic rings. The molecule has 19 heavy (non-hydrogen) atoms. The first-order valence-electron chi connectivity index (χ1n) is 5.81. The maximum absolute atomic E-state index is 10.7. The van der Waals surface area contributed by atoms with Gasteiger partial charge < -0.3 is 10.3 Å². The Bertz CT molecular complexity index is 571. The molecule has 1 atom stereocenters. The van der Waals surface area contributed by atoms with Crippen LogP contribution >= 0.6 is 15.9 Å². The fraction of sp³-hybridized carbons (Fsp3) is 0.250. The van der Waals surface area contributed by atoms with Gasteiger partial charge in [0.05, 0.1) is 11.0 Å². The molecule has 2 N–H and O–H groups in total. The van der Waals surface area contributed by atoms with Crippen molar-refractivity contribution in [3.8, 4) is 0 Å². The van der Waals surface area contributed by atoms with Crippen LogP contribution in [0.3, 0.4) is 0 Å². The van der Waals surface area contributed by atoms with Crippen molar-refractivity contribution in [3.05, 3.63) is 51.0 Å². The van der Waals surface area contributed by atoms with E-state index in [2.05, 4.69) is 31.2 Å². The SMILES string of the molecule is CCC(Nc1ccc([N+](=O)[O-])cc1Br)c1ncc[nH]1. The van der Waals surface area contributed by atoms with Gasteiger partial charge in [0.25, 0.3) is 5.69 Å². The summed E-state index contributed by atoms with van der Waals surface area (Å²) in [7, 11) is 0. The second-order valence-corrected chi connectivity index (χ2v) is 4.86. The van der Waals surface area contributed by atoms with Crippen LogP contribution in [-0.2, 0) is 0 Å². The number of H-pyrrole nitrogens is 1. The molecule has 1 aromatic heterocycles. The van der Waals surface area contributed by atoms with Gasteiger partial charge >= 0.3 is 0 Å². The number of imidazole rings is 1. The maximum Gasteiger partial charge on any atom is 0.270 e. The van der Waals surface area contributed by atoms with Gasteiger partial charge in [-0.1, -0.05) is 6.92 Å². The molecule has 100 valence electrons. The van der Waals surface area contributed by atoms with Crippen molar-refractivity contribution < 1.29 is 4.92 Å². The number of anilines is 1. The van der Waals surface area contributed by atoms with Gasteiger partial charge in [-0.3, -0.25) is 10.1 Å². The molecule has 1 heterocycles. The minimum atomic E-state index is -0.418. The lowest BCUT2D eigenvalue weighted by Crippen LogP contribution is -2.11. The van der Waals surface area contributed by atoms with Gasteiger partial charge in [0, 0.05) is 34.7 Å². The zero-order valence-electron chi connectivity index (χ0n) is 10.3. The molecule has 0 aliphatic heterocycles. The number of nitrogens with zero attached hydrogens (tertiary/aromatic N) is 2. The number of rotatable bonds is 5. The van der Waals surface area contributed by atoms with Crippen molar-refractivity contribution >= 4 is 27.3 Å². The molecular formula is C12H13BrN4O2. The van der Waals surface area contributed by atoms with E-state index in [9.17, 15) is 10.1 Å². The number of nitrogens with one attached hydrogen (secondary N) is 2. The molecule has 2 rings (SSSR count). The summed E-state index contributed by atoms with van der Waals surface area (Å²) in [5.74, 6) is 0.841. The number of aromatic amines is 1. The molecule has 0 aliphatic rings. The van der Waals surface area contributed by atoms with E-state index in [0.717, 1.165) is 17.9 Å². The van der Waals surface area contributed by atoms with E-state index < -0.39 is 4.92 Å². The molecule has 6 nitrogen and oxygen atoms in total. The van der Waals surface area contributed by atoms with E-state index >= 15 is 0 Å². The topological polar surface area (TPSA) is 83.8 Å². The standard InChI is InChI=1S/C12H13BrN4O2/c1-2-10(12-14-5-6-15-12)16-11-4-3-8(17(18)19)7-9(11)13/h3-7,10,16H,2H2,1H3,(H,14,15). The molecular weight excluding hydrogens is 312 g/mol. The summed E-state index contributed by atoms with van der Waals surface area (Å²) in [6.45, 7) is 2.04. The Morgan fingerprint density at radius 1 is 1.58 bits per heavy atom. The zero-order valence-corrected chi connectivity index (χ0v) is 11.8. The summed E-state index contributed by atoms with van der Waals surface area (Å²) in [6.07, 6.45) is 4.31. The molecule has 0 saturated heterocycles. The first kappa shape index (κ1) is 13.5. The average Bonchev–Trinajstić information content (AvgIpc) is 2.91. The number of nitro benzene ring substituents is 1. The van der Waals surface area contributed by atoms with E-state index in [-0.39, 0.29) is 11.7 Å². The molecule has 1 unspecified atom stereocenters. The molecule has 0 spiro atoms. The third-order valence-electron chi connectivity index (χ3n) is 2.75. The number of nitro groups is 1. The first-order chi connectivity index (χ1) is 9.11. The van der Waals surface area contributed by atoms with Crippen LogP contribution in [0, 0.1) is 10.1 Å². The summed E-state index contributed by atoms with van der Waals surface area (Å²) in [6, 6.07) is 4.68. The molecule has 0 radical (unpaired) electrons. The third-order valence-corrected chi connectivity index (χ3v) is 3.41. The Labute approximate surface area is 118 Å². The van der Waals surface area contributed by atoms with Gasteiger partial charge in [-0.15, -0.1) is 0 Å². The van der Waals surface area contributed by atoms with Crippen molar-refractivity contribution in [2.75, 3.05) is 5.32 Å². The van der Waals surface area contributed by atoms with E-state index in [4.69, 9.17) is 0 Å². The van der Waals surface area contributed by atoms with E-state index in [1.165, 1.54) is 12.1 Å². The van der Waals surface area contributed by atoms with Gasteiger partial charge in [0.15, 0.2) is 0 Å². The molecule has 0 saturated carbocycles. The minimum absolute atomic E-state index is 0.0350. The summed E-state index contributed by atoms with van der Waals surface area (Å²) < 4.78 is 0.659. The smallest absolute Gasteiger partial charge is 0.270 e. The number of aromatic nitrogens is 2. The van der Waals surface area contributed by atoms with Crippen LogP contribution in [0.4, 0.5) is 11.4 Å². The number of non-ortho nitro benzene ring substituents is 1. The van der Waals surface area contributed by atoms with Crippen molar-refractivity contribution in [1.29, 1.82) is 0 Å². The minimum Gasteiger partial charge on any atom is -0.374 e. The van der Waals surface area contributed by atoms with Crippen LogP contribution in [0.1, 0.15) is 25.2 Å². The van der Waals surface area contributed by atoms with Gasteiger partial charge in [-0.05, 0) is 28.4 Å². The van der Waals surface area contributed by atoms with Gasteiger partial charge in [-0.25, -0.2) is 4.98 Å². The normalized spacial score (nSPS) is 12.1. The largest absolute Gasteiger partial charge is 0.374 e. The zero-order chi connectivity index (χ0) is 13.8. The van der Waals surface area contributed by atoms with E-state index in [0.29, 0.717) is 4.47 Å². The fourth-order valence-corrected chi connectivity index (χ4v) is 2.24. The Morgan fingerprint density at radius 2 is 2.37 bits per heavy atom. The molecule has 7 heteroatoms. The summed E-state index contributed by atoms with van der Waals surface area (Å²) in [5, 5.41) is 14.0. The van der Waals surface area contributed by atoms with Gasteiger partial charge in [0.1, 0.15) is 5.82 Å². The van der Waals surface area contributed by atoms with Gasteiger partial charge in [-0.2, -0.15) is 0 Å². The Balaban J connectivity index is 2.21. The van der Waals surface area contributed by atoms with Crippen LogP contribution in [0.2, 0.25) is 0 Å². The highest BCUT2D eigenvalue weighted by atomic mass is 79.9. The van der Waals surface area contributed by atoms with Gasteiger partial charge in [0.2, 0.25) is 0 Å². The summed E-state index contributed by atoms with van der Waals surface area (Å²) in [5.41, 5.74) is 0.859. The van der Waals surface area contributed by atoms with Crippen molar-refractivity contribution in [1.82, 2.24) is 9.97 Å². The third kappa shape index (κ3) is 3.11. The quantitative estimate of drug-likeness (QED) is 0.649. The molecule has 0 amide bonds. The lowest BCUT2D eigenvalue weighted by atomic mass is 10.2. The second-order valence-electron chi connectivity index (χ2n) is 4.00. The lowest BCUT2D eigenvalue weighted by Gasteiger charge is -2.17. The molecule has 0 aliphatic carbocycles. The highest BCUT2D eigenvalue weighted by molar-refractivity contribution is 9.10.